The molecule has 0 N–H and O–H groups in total. The number of nitrogens with zero attached hydrogens (tertiary/aromatic N) is 1. The van der Waals surface area contributed by atoms with Crippen molar-refractivity contribution in [3.8, 4) is 0 Å². The quantitative estimate of drug-likeness (QED) is 0.727. The molecule has 104 valence electrons. The zero-order chi connectivity index (χ0) is 14.0. The summed E-state index contributed by atoms with van der Waals surface area (Å²) in [5.41, 5.74) is 1.24. The highest BCUT2D eigenvalue weighted by Gasteiger charge is 2.11. The lowest BCUT2D eigenvalue weighted by molar-refractivity contribution is 0.501. The van der Waals surface area contributed by atoms with Crippen LogP contribution in [0.4, 0.5) is 0 Å². The average Bonchev–Trinajstić information content (AvgIpc) is 2.66. The molecule has 0 aliphatic heterocycles. The first-order valence-electron chi connectivity index (χ1n) is 5.92. The number of hydrogen-bond acceptors (Lipinski definition) is 4. The third kappa shape index (κ3) is 3.38. The first-order chi connectivity index (χ1) is 8.93. The molecule has 0 saturated carbocycles. The van der Waals surface area contributed by atoms with Crippen LogP contribution in [0.15, 0.2) is 27.4 Å². The second kappa shape index (κ2) is 5.66. The second-order valence-electron chi connectivity index (χ2n) is 4.22. The normalized spacial score (nSPS) is 12.1. The molecular formula is C12H14INO4S. The van der Waals surface area contributed by atoms with Crippen LogP contribution in [0.25, 0.3) is 11.1 Å². The fraction of sp³-hybridized carbons (Fsp3) is 0.417. The standard InChI is InChI=1S/C12H14INO4S/c1-2-19(16,17)7-3-6-14-10-8-9(13)4-5-11(10)18-12(14)15/h4-5,8H,2-3,6-7H2,1H3. The van der Waals surface area contributed by atoms with Gasteiger partial charge in [0.1, 0.15) is 9.84 Å². The highest BCUT2D eigenvalue weighted by molar-refractivity contribution is 14.1. The van der Waals surface area contributed by atoms with Crippen LogP contribution >= 0.6 is 22.6 Å². The summed E-state index contributed by atoms with van der Waals surface area (Å²) in [6, 6.07) is 5.46. The van der Waals surface area contributed by atoms with Crippen molar-refractivity contribution in [1.29, 1.82) is 0 Å². The SMILES string of the molecule is CCS(=O)(=O)CCCn1c(=O)oc2ccc(I)cc21. The molecule has 0 spiro atoms. The van der Waals surface area contributed by atoms with Gasteiger partial charge in [-0.2, -0.15) is 0 Å². The van der Waals surface area contributed by atoms with Crippen LogP contribution < -0.4 is 5.76 Å². The van der Waals surface area contributed by atoms with Gasteiger partial charge in [-0.15, -0.1) is 0 Å². The molecule has 1 heterocycles. The van der Waals surface area contributed by atoms with Crippen LogP contribution in [0.1, 0.15) is 13.3 Å². The van der Waals surface area contributed by atoms with E-state index >= 15 is 0 Å². The van der Waals surface area contributed by atoms with E-state index in [1.807, 2.05) is 12.1 Å². The number of hydrogen-bond donors (Lipinski definition) is 0. The Balaban J connectivity index is 2.23. The number of aromatic nitrogens is 1. The van der Waals surface area contributed by atoms with Gasteiger partial charge in [-0.05, 0) is 47.2 Å². The first kappa shape index (κ1) is 14.6. The zero-order valence-corrected chi connectivity index (χ0v) is 13.4. The predicted octanol–water partition coefficient (Wildman–Crippen LogP) is 2.02. The van der Waals surface area contributed by atoms with Gasteiger partial charge >= 0.3 is 5.76 Å². The lowest BCUT2D eigenvalue weighted by Crippen LogP contribution is -2.17. The molecule has 0 aliphatic carbocycles. The highest BCUT2D eigenvalue weighted by atomic mass is 127. The van der Waals surface area contributed by atoms with Crippen LogP contribution in [-0.2, 0) is 16.4 Å². The van der Waals surface area contributed by atoms with Gasteiger partial charge in [0.05, 0.1) is 11.3 Å². The molecule has 19 heavy (non-hydrogen) atoms. The lowest BCUT2D eigenvalue weighted by Gasteiger charge is -2.03. The van der Waals surface area contributed by atoms with E-state index in [0.29, 0.717) is 24.1 Å². The van der Waals surface area contributed by atoms with Crippen LogP contribution in [-0.4, -0.2) is 24.5 Å². The van der Waals surface area contributed by atoms with Gasteiger partial charge in [0.25, 0.3) is 0 Å². The number of fused-ring (bicyclic) bond motifs is 1. The maximum absolute atomic E-state index is 11.7. The number of benzene rings is 1. The van der Waals surface area contributed by atoms with Gasteiger partial charge in [-0.3, -0.25) is 4.57 Å². The van der Waals surface area contributed by atoms with E-state index < -0.39 is 15.6 Å². The fourth-order valence-electron chi connectivity index (χ4n) is 1.83. The Labute approximate surface area is 124 Å². The van der Waals surface area contributed by atoms with E-state index in [4.69, 9.17) is 4.42 Å². The molecule has 0 fully saturated rings. The zero-order valence-electron chi connectivity index (χ0n) is 10.4. The van der Waals surface area contributed by atoms with Crippen molar-refractivity contribution in [2.45, 2.75) is 19.9 Å². The third-order valence-electron chi connectivity index (χ3n) is 2.91. The molecule has 2 rings (SSSR count). The van der Waals surface area contributed by atoms with E-state index in [0.717, 1.165) is 3.57 Å². The Kier molecular flexibility index (Phi) is 4.34. The summed E-state index contributed by atoms with van der Waals surface area (Å²) < 4.78 is 30.4. The molecule has 0 bridgehead atoms. The molecular weight excluding hydrogens is 381 g/mol. The van der Waals surface area contributed by atoms with Gasteiger partial charge in [-0.25, -0.2) is 13.2 Å². The molecule has 1 aromatic carbocycles. The fourth-order valence-corrected chi connectivity index (χ4v) is 3.17. The molecule has 0 radical (unpaired) electrons. The smallest absolute Gasteiger partial charge is 0.408 e. The van der Waals surface area contributed by atoms with Gasteiger partial charge in [0.15, 0.2) is 5.58 Å². The highest BCUT2D eigenvalue weighted by Crippen LogP contribution is 2.16. The van der Waals surface area contributed by atoms with E-state index in [2.05, 4.69) is 22.6 Å². The maximum Gasteiger partial charge on any atom is 0.419 e. The van der Waals surface area contributed by atoms with E-state index in [9.17, 15) is 13.2 Å². The van der Waals surface area contributed by atoms with Crippen molar-refractivity contribution in [3.05, 3.63) is 32.3 Å². The van der Waals surface area contributed by atoms with Crippen molar-refractivity contribution in [1.82, 2.24) is 4.57 Å². The summed E-state index contributed by atoms with van der Waals surface area (Å²) in [7, 11) is -2.99. The predicted molar refractivity (Wildman–Crippen MR) is 82.1 cm³/mol. The Bertz CT molecular complexity index is 745. The van der Waals surface area contributed by atoms with Crippen LogP contribution in [0.3, 0.4) is 0 Å². The second-order valence-corrected chi connectivity index (χ2v) is 7.94. The van der Waals surface area contributed by atoms with Gasteiger partial charge in [0.2, 0.25) is 0 Å². The summed E-state index contributed by atoms with van der Waals surface area (Å²) in [5, 5.41) is 0. The van der Waals surface area contributed by atoms with E-state index in [1.165, 1.54) is 4.57 Å². The topological polar surface area (TPSA) is 69.3 Å². The third-order valence-corrected chi connectivity index (χ3v) is 5.37. The Hall–Kier alpha value is -0.830. The number of oxazole rings is 1. The number of sulfone groups is 1. The maximum atomic E-state index is 11.7. The number of aryl methyl sites for hydroxylation is 1. The minimum atomic E-state index is -2.99. The van der Waals surface area contributed by atoms with Crippen LogP contribution in [0.2, 0.25) is 0 Å². The van der Waals surface area contributed by atoms with Gasteiger partial charge < -0.3 is 4.42 Å². The molecule has 7 heteroatoms. The van der Waals surface area contributed by atoms with E-state index in [1.54, 1.807) is 13.0 Å². The summed E-state index contributed by atoms with van der Waals surface area (Å²) in [4.78, 5) is 11.7. The van der Waals surface area contributed by atoms with Gasteiger partial charge in [-0.1, -0.05) is 6.92 Å². The lowest BCUT2D eigenvalue weighted by atomic mass is 10.3. The monoisotopic (exact) mass is 395 g/mol. The van der Waals surface area contributed by atoms with Crippen molar-refractivity contribution in [2.75, 3.05) is 11.5 Å². The Morgan fingerprint density at radius 2 is 2.11 bits per heavy atom. The van der Waals surface area contributed by atoms with Crippen LogP contribution in [0.5, 0.6) is 0 Å². The molecule has 1 aromatic heterocycles. The first-order valence-corrected chi connectivity index (χ1v) is 8.82. The van der Waals surface area contributed by atoms with Gasteiger partial charge in [0, 0.05) is 15.9 Å². The summed E-state index contributed by atoms with van der Waals surface area (Å²) in [6.45, 7) is 1.97. The van der Waals surface area contributed by atoms with Crippen molar-refractivity contribution < 1.29 is 12.8 Å². The minimum absolute atomic E-state index is 0.0898. The number of rotatable bonds is 5. The largest absolute Gasteiger partial charge is 0.419 e. The molecule has 0 amide bonds. The average molecular weight is 395 g/mol. The summed E-state index contributed by atoms with van der Waals surface area (Å²) >= 11 is 2.16. The Morgan fingerprint density at radius 3 is 2.79 bits per heavy atom. The molecule has 0 aliphatic rings. The molecule has 5 nitrogen and oxygen atoms in total. The molecule has 0 unspecified atom stereocenters. The molecule has 2 aromatic rings. The van der Waals surface area contributed by atoms with E-state index in [-0.39, 0.29) is 11.5 Å². The van der Waals surface area contributed by atoms with Crippen LogP contribution in [0, 0.1) is 3.57 Å². The van der Waals surface area contributed by atoms with Crippen molar-refractivity contribution in [3.63, 3.8) is 0 Å². The minimum Gasteiger partial charge on any atom is -0.408 e. The molecule has 0 atom stereocenters. The summed E-state index contributed by atoms with van der Waals surface area (Å²) in [5.74, 6) is -0.218. The number of halogens is 1. The van der Waals surface area contributed by atoms with Crippen molar-refractivity contribution in [2.24, 2.45) is 0 Å². The summed E-state index contributed by atoms with van der Waals surface area (Å²) in [6.07, 6.45) is 0.413. The van der Waals surface area contributed by atoms with Crippen molar-refractivity contribution >= 4 is 43.5 Å². The Morgan fingerprint density at radius 1 is 1.37 bits per heavy atom. The molecule has 0 saturated heterocycles.